The van der Waals surface area contributed by atoms with Gasteiger partial charge in [0.2, 0.25) is 0 Å². The average Bonchev–Trinajstić information content (AvgIpc) is 2.90. The molecule has 0 fully saturated rings. The smallest absolute Gasteiger partial charge is 0.304 e. The number of H-pyrrole nitrogens is 1. The summed E-state index contributed by atoms with van der Waals surface area (Å²) in [6, 6.07) is 8.89. The number of rotatable bonds is 3. The van der Waals surface area contributed by atoms with E-state index in [9.17, 15) is 9.59 Å². The van der Waals surface area contributed by atoms with Crippen molar-refractivity contribution in [3.8, 4) is 0 Å². The molecule has 0 atom stereocenters. The van der Waals surface area contributed by atoms with Crippen molar-refractivity contribution < 1.29 is 4.79 Å². The summed E-state index contributed by atoms with van der Waals surface area (Å²) < 4.78 is 0. The van der Waals surface area contributed by atoms with Crippen LogP contribution in [0, 0.1) is 0 Å². The number of aromatic amines is 1. The lowest BCUT2D eigenvalue weighted by Crippen LogP contribution is -2.24. The van der Waals surface area contributed by atoms with Gasteiger partial charge >= 0.3 is 4.87 Å². The summed E-state index contributed by atoms with van der Waals surface area (Å²) in [4.78, 5) is 29.9. The molecule has 0 spiro atoms. The fourth-order valence-electron chi connectivity index (χ4n) is 1.92. The first-order valence-electron chi connectivity index (χ1n) is 6.13. The minimum absolute atomic E-state index is 0.147. The number of nitrogens with one attached hydrogen (secondary N) is 2. The highest BCUT2D eigenvalue weighted by Gasteiger charge is 2.11. The van der Waals surface area contributed by atoms with E-state index in [0.29, 0.717) is 16.2 Å². The molecule has 0 radical (unpaired) electrons. The highest BCUT2D eigenvalue weighted by atomic mass is 35.5. The van der Waals surface area contributed by atoms with Gasteiger partial charge in [-0.05, 0) is 12.1 Å². The number of aromatic nitrogens is 2. The number of carbonyl (C=O) groups excluding carboxylic acids is 1. The summed E-state index contributed by atoms with van der Waals surface area (Å²) in [5, 5.41) is 5.65. The molecular formula is C14H10ClN3O2S. The first-order valence-corrected chi connectivity index (χ1v) is 7.39. The number of hydrogen-bond donors (Lipinski definition) is 2. The van der Waals surface area contributed by atoms with Gasteiger partial charge in [0, 0.05) is 16.5 Å². The van der Waals surface area contributed by atoms with E-state index in [1.165, 1.54) is 6.07 Å². The maximum atomic E-state index is 12.1. The van der Waals surface area contributed by atoms with Crippen LogP contribution in [-0.2, 0) is 6.54 Å². The van der Waals surface area contributed by atoms with E-state index in [1.807, 2.05) is 18.2 Å². The Morgan fingerprint density at radius 1 is 1.38 bits per heavy atom. The predicted octanol–water partition coefficient (Wildman–Crippen LogP) is 2.57. The Kier molecular flexibility index (Phi) is 3.72. The lowest BCUT2D eigenvalue weighted by Gasteiger charge is -2.06. The van der Waals surface area contributed by atoms with Crippen molar-refractivity contribution in [1.82, 2.24) is 15.3 Å². The minimum Gasteiger partial charge on any atom is -0.345 e. The minimum atomic E-state index is -0.338. The fourth-order valence-corrected chi connectivity index (χ4v) is 2.76. The molecule has 2 aromatic heterocycles. The molecule has 0 aliphatic heterocycles. The number of fused-ring (bicyclic) bond motifs is 1. The normalized spacial score (nSPS) is 10.7. The number of para-hydroxylation sites is 1. The van der Waals surface area contributed by atoms with E-state index in [4.69, 9.17) is 11.6 Å². The fraction of sp³-hybridized carbons (Fsp3) is 0.0714. The van der Waals surface area contributed by atoms with Crippen LogP contribution in [0.2, 0.25) is 5.02 Å². The number of thiazole rings is 1. The van der Waals surface area contributed by atoms with Gasteiger partial charge in [0.15, 0.2) is 0 Å². The van der Waals surface area contributed by atoms with Gasteiger partial charge in [-0.3, -0.25) is 9.59 Å². The van der Waals surface area contributed by atoms with Crippen molar-refractivity contribution >= 4 is 39.7 Å². The van der Waals surface area contributed by atoms with Crippen molar-refractivity contribution in [1.29, 1.82) is 0 Å². The molecule has 0 saturated carbocycles. The third-order valence-corrected chi connectivity index (χ3v) is 3.94. The molecule has 106 valence electrons. The zero-order valence-corrected chi connectivity index (χ0v) is 12.3. The quantitative estimate of drug-likeness (QED) is 0.779. The van der Waals surface area contributed by atoms with Crippen LogP contribution in [0.25, 0.3) is 10.9 Å². The van der Waals surface area contributed by atoms with Gasteiger partial charge < -0.3 is 10.3 Å². The van der Waals surface area contributed by atoms with E-state index < -0.39 is 0 Å². The molecule has 0 bridgehead atoms. The molecule has 0 unspecified atom stereocenters. The van der Waals surface area contributed by atoms with Crippen molar-refractivity contribution in [2.24, 2.45) is 0 Å². The van der Waals surface area contributed by atoms with Crippen molar-refractivity contribution in [3.05, 3.63) is 61.8 Å². The molecule has 1 aromatic carbocycles. The second kappa shape index (κ2) is 5.67. The van der Waals surface area contributed by atoms with Crippen molar-refractivity contribution in [2.75, 3.05) is 0 Å². The number of nitrogens with zero attached hydrogens (tertiary/aromatic N) is 1. The van der Waals surface area contributed by atoms with E-state index in [0.717, 1.165) is 16.7 Å². The third-order valence-electron chi connectivity index (χ3n) is 2.91. The Morgan fingerprint density at radius 2 is 2.19 bits per heavy atom. The Balaban J connectivity index is 1.82. The molecule has 1 amide bonds. The highest BCUT2D eigenvalue weighted by Crippen LogP contribution is 2.22. The van der Waals surface area contributed by atoms with Gasteiger partial charge in [0.05, 0.1) is 17.1 Å². The van der Waals surface area contributed by atoms with Gasteiger partial charge in [-0.2, -0.15) is 0 Å². The summed E-state index contributed by atoms with van der Waals surface area (Å²) >= 11 is 7.22. The monoisotopic (exact) mass is 319 g/mol. The van der Waals surface area contributed by atoms with Crippen LogP contribution in [0.4, 0.5) is 0 Å². The van der Waals surface area contributed by atoms with Crippen molar-refractivity contribution in [2.45, 2.75) is 6.54 Å². The van der Waals surface area contributed by atoms with Crippen LogP contribution < -0.4 is 10.2 Å². The first kappa shape index (κ1) is 13.8. The maximum absolute atomic E-state index is 12.1. The predicted molar refractivity (Wildman–Crippen MR) is 82.9 cm³/mol. The second-order valence-corrected chi connectivity index (χ2v) is 5.61. The van der Waals surface area contributed by atoms with Gasteiger partial charge in [-0.25, -0.2) is 4.98 Å². The molecule has 0 saturated heterocycles. The number of amides is 1. The van der Waals surface area contributed by atoms with Gasteiger partial charge in [0.1, 0.15) is 5.69 Å². The first-order chi connectivity index (χ1) is 10.1. The topological polar surface area (TPSA) is 74.8 Å². The van der Waals surface area contributed by atoms with Gasteiger partial charge in [0.25, 0.3) is 5.91 Å². The molecule has 2 N–H and O–H groups in total. The molecule has 3 rings (SSSR count). The van der Waals surface area contributed by atoms with Crippen LogP contribution in [0.3, 0.4) is 0 Å². The largest absolute Gasteiger partial charge is 0.345 e. The summed E-state index contributed by atoms with van der Waals surface area (Å²) in [6.45, 7) is 0.240. The summed E-state index contributed by atoms with van der Waals surface area (Å²) in [5.41, 5.74) is 1.57. The lowest BCUT2D eigenvalue weighted by atomic mass is 10.2. The number of halogens is 1. The van der Waals surface area contributed by atoms with Crippen LogP contribution in [0.1, 0.15) is 16.2 Å². The SMILES string of the molecule is O=C(NCc1csc(=O)[nH]1)c1cc(Cl)c2ccccc2n1. The lowest BCUT2D eigenvalue weighted by molar-refractivity contribution is 0.0946. The Hall–Kier alpha value is -2.18. The number of carbonyl (C=O) groups is 1. The summed E-state index contributed by atoms with van der Waals surface area (Å²) in [6.07, 6.45) is 0. The zero-order chi connectivity index (χ0) is 14.8. The molecule has 0 aliphatic rings. The maximum Gasteiger partial charge on any atom is 0.304 e. The Morgan fingerprint density at radius 3 is 2.95 bits per heavy atom. The summed E-state index contributed by atoms with van der Waals surface area (Å²) in [7, 11) is 0. The van der Waals surface area contributed by atoms with E-state index in [1.54, 1.807) is 11.4 Å². The van der Waals surface area contributed by atoms with Crippen LogP contribution >= 0.6 is 22.9 Å². The molecular weight excluding hydrogens is 310 g/mol. The molecule has 2 heterocycles. The molecule has 21 heavy (non-hydrogen) atoms. The second-order valence-electron chi connectivity index (χ2n) is 4.36. The van der Waals surface area contributed by atoms with E-state index in [2.05, 4.69) is 15.3 Å². The van der Waals surface area contributed by atoms with Crippen LogP contribution in [0.15, 0.2) is 40.5 Å². The van der Waals surface area contributed by atoms with E-state index in [-0.39, 0.29) is 23.0 Å². The summed E-state index contributed by atoms with van der Waals surface area (Å²) in [5.74, 6) is -0.338. The third kappa shape index (κ3) is 2.96. The highest BCUT2D eigenvalue weighted by molar-refractivity contribution is 7.07. The van der Waals surface area contributed by atoms with Crippen LogP contribution in [-0.4, -0.2) is 15.9 Å². The average molecular weight is 320 g/mol. The zero-order valence-electron chi connectivity index (χ0n) is 10.7. The number of hydrogen-bond acceptors (Lipinski definition) is 4. The van der Waals surface area contributed by atoms with Crippen LogP contribution in [0.5, 0.6) is 0 Å². The van der Waals surface area contributed by atoms with Crippen molar-refractivity contribution in [3.63, 3.8) is 0 Å². The number of pyridine rings is 1. The molecule has 5 nitrogen and oxygen atoms in total. The van der Waals surface area contributed by atoms with E-state index >= 15 is 0 Å². The molecule has 3 aromatic rings. The van der Waals surface area contributed by atoms with Gasteiger partial charge in [-0.15, -0.1) is 0 Å². The molecule has 7 heteroatoms. The Labute approximate surface area is 128 Å². The standard InChI is InChI=1S/C14H10ClN3O2S/c15-10-5-12(18-11-4-2-1-3-9(10)11)13(19)16-6-8-7-21-14(20)17-8/h1-5,7H,6H2,(H,16,19)(H,17,20). The molecule has 0 aliphatic carbocycles. The Bertz CT molecular complexity index is 872. The number of benzene rings is 1. The van der Waals surface area contributed by atoms with Gasteiger partial charge in [-0.1, -0.05) is 41.1 Å².